The number of halogens is 1. The molecular formula is C35H23BrN2O2. The molecule has 0 spiro atoms. The zero-order valence-corrected chi connectivity index (χ0v) is 23.0. The summed E-state index contributed by atoms with van der Waals surface area (Å²) in [5.41, 5.74) is 4.89. The third-order valence-corrected chi connectivity index (χ3v) is 7.27. The average Bonchev–Trinajstić information content (AvgIpc) is 3.39. The maximum absolute atomic E-state index is 10.1. The topological polar surface area (TPSA) is 58.5 Å². The molecule has 0 N–H and O–H groups in total. The highest BCUT2D eigenvalue weighted by Gasteiger charge is 2.22. The number of benzene rings is 5. The minimum Gasteiger partial charge on any atom is -0.488 e. The highest BCUT2D eigenvalue weighted by atomic mass is 79.9. The summed E-state index contributed by atoms with van der Waals surface area (Å²) in [5.74, 6) is 1.62. The quantitative estimate of drug-likeness (QED) is 0.176. The summed E-state index contributed by atoms with van der Waals surface area (Å²) in [6.45, 7) is 0.454. The molecule has 0 saturated heterocycles. The fourth-order valence-corrected chi connectivity index (χ4v) is 5.22. The van der Waals surface area contributed by atoms with Crippen LogP contribution in [0.25, 0.3) is 33.2 Å². The fraction of sp³-hybridized carbons (Fsp3) is 0.0286. The van der Waals surface area contributed by atoms with Crippen LogP contribution in [0.2, 0.25) is 0 Å². The van der Waals surface area contributed by atoms with E-state index in [1.807, 2.05) is 97.1 Å². The molecule has 0 radical (unpaired) electrons. The Morgan fingerprint density at radius 2 is 1.50 bits per heavy atom. The first kappa shape index (κ1) is 25.4. The van der Waals surface area contributed by atoms with Crippen LogP contribution >= 0.6 is 15.9 Å². The Labute approximate surface area is 240 Å². The lowest BCUT2D eigenvalue weighted by molar-refractivity contribution is 0.305. The van der Waals surface area contributed by atoms with E-state index in [2.05, 4.69) is 51.3 Å². The largest absolute Gasteiger partial charge is 0.488 e. The van der Waals surface area contributed by atoms with Crippen molar-refractivity contribution in [3.05, 3.63) is 142 Å². The standard InChI is InChI=1S/C35H23BrN2O2/c36-31-20-24(18-19-32(31)39-23-28-16-9-15-25-10-7-8-17-29(25)28)22-38-35-30(21-37)33(26-11-3-1-4-12-26)34(40-35)27-13-5-2-6-14-27/h1-20,22H,23H2. The lowest BCUT2D eigenvalue weighted by atomic mass is 9.98. The molecule has 0 amide bonds. The van der Waals surface area contributed by atoms with Crippen molar-refractivity contribution in [3.63, 3.8) is 0 Å². The minimum atomic E-state index is 0.271. The number of hydrogen-bond donors (Lipinski definition) is 0. The Morgan fingerprint density at radius 1 is 0.800 bits per heavy atom. The van der Waals surface area contributed by atoms with E-state index in [1.165, 1.54) is 10.8 Å². The van der Waals surface area contributed by atoms with Gasteiger partial charge in [-0.15, -0.1) is 0 Å². The molecule has 0 saturated carbocycles. The Hall–Kier alpha value is -4.92. The second-order valence-electron chi connectivity index (χ2n) is 9.21. The van der Waals surface area contributed by atoms with Gasteiger partial charge in [0.2, 0.25) is 5.88 Å². The number of aliphatic imine (C=N–C) groups is 1. The monoisotopic (exact) mass is 582 g/mol. The maximum atomic E-state index is 10.1. The first-order chi connectivity index (χ1) is 19.7. The lowest BCUT2D eigenvalue weighted by Gasteiger charge is -2.11. The van der Waals surface area contributed by atoms with Crippen LogP contribution in [0, 0.1) is 11.3 Å². The first-order valence-electron chi connectivity index (χ1n) is 12.8. The zero-order chi connectivity index (χ0) is 27.3. The van der Waals surface area contributed by atoms with Gasteiger partial charge in [0.05, 0.1) is 4.47 Å². The molecule has 1 aromatic heterocycles. The van der Waals surface area contributed by atoms with Crippen molar-refractivity contribution in [1.82, 2.24) is 0 Å². The minimum absolute atomic E-state index is 0.271. The summed E-state index contributed by atoms with van der Waals surface area (Å²) >= 11 is 3.64. The maximum Gasteiger partial charge on any atom is 0.238 e. The molecule has 1 heterocycles. The third-order valence-electron chi connectivity index (χ3n) is 6.65. The van der Waals surface area contributed by atoms with Gasteiger partial charge in [0, 0.05) is 17.3 Å². The van der Waals surface area contributed by atoms with E-state index in [0.29, 0.717) is 17.9 Å². The Morgan fingerprint density at radius 3 is 2.25 bits per heavy atom. The van der Waals surface area contributed by atoms with E-state index in [-0.39, 0.29) is 5.88 Å². The third kappa shape index (κ3) is 5.18. The summed E-state index contributed by atoms with van der Waals surface area (Å²) in [6.07, 6.45) is 1.70. The summed E-state index contributed by atoms with van der Waals surface area (Å²) in [6, 6.07) is 42.2. The van der Waals surface area contributed by atoms with Crippen LogP contribution in [-0.2, 0) is 6.61 Å². The molecule has 0 aliphatic rings. The molecule has 6 aromatic rings. The van der Waals surface area contributed by atoms with Crippen molar-refractivity contribution < 1.29 is 9.15 Å². The highest BCUT2D eigenvalue weighted by molar-refractivity contribution is 9.10. The molecule has 0 atom stereocenters. The van der Waals surface area contributed by atoms with Crippen molar-refractivity contribution in [3.8, 4) is 34.3 Å². The van der Waals surface area contributed by atoms with Crippen molar-refractivity contribution in [2.24, 2.45) is 4.99 Å². The van der Waals surface area contributed by atoms with Gasteiger partial charge in [0.1, 0.15) is 29.7 Å². The van der Waals surface area contributed by atoms with Gasteiger partial charge in [-0.3, -0.25) is 0 Å². The van der Waals surface area contributed by atoms with Gasteiger partial charge in [-0.05, 0) is 61.6 Å². The van der Waals surface area contributed by atoms with Crippen LogP contribution in [0.4, 0.5) is 5.88 Å². The summed E-state index contributed by atoms with van der Waals surface area (Å²) in [7, 11) is 0. The van der Waals surface area contributed by atoms with Crippen molar-refractivity contribution in [2.75, 3.05) is 0 Å². The van der Waals surface area contributed by atoms with E-state index in [4.69, 9.17) is 9.15 Å². The Balaban J connectivity index is 1.28. The van der Waals surface area contributed by atoms with Crippen molar-refractivity contribution in [1.29, 1.82) is 5.26 Å². The van der Waals surface area contributed by atoms with Gasteiger partial charge in [-0.2, -0.15) is 5.26 Å². The van der Waals surface area contributed by atoms with E-state index < -0.39 is 0 Å². The number of rotatable bonds is 7. The summed E-state index contributed by atoms with van der Waals surface area (Å²) in [4.78, 5) is 4.60. The van der Waals surface area contributed by atoms with Crippen molar-refractivity contribution >= 4 is 38.8 Å². The molecule has 4 nitrogen and oxygen atoms in total. The smallest absolute Gasteiger partial charge is 0.238 e. The molecule has 0 aliphatic heterocycles. The van der Waals surface area contributed by atoms with E-state index >= 15 is 0 Å². The molecule has 5 aromatic carbocycles. The number of nitriles is 1. The Bertz CT molecular complexity index is 1860. The summed E-state index contributed by atoms with van der Waals surface area (Å²) < 4.78 is 13.2. The SMILES string of the molecule is N#Cc1c(N=Cc2ccc(OCc3cccc4ccccc34)c(Br)c2)oc(-c2ccccc2)c1-c1ccccc1. The van der Waals surface area contributed by atoms with Gasteiger partial charge in [0.15, 0.2) is 0 Å². The zero-order valence-electron chi connectivity index (χ0n) is 21.4. The average molecular weight is 583 g/mol. The first-order valence-corrected chi connectivity index (χ1v) is 13.6. The molecular weight excluding hydrogens is 560 g/mol. The van der Waals surface area contributed by atoms with Crippen LogP contribution in [0.3, 0.4) is 0 Å². The number of fused-ring (bicyclic) bond motifs is 1. The fourth-order valence-electron chi connectivity index (χ4n) is 4.71. The molecule has 192 valence electrons. The molecule has 5 heteroatoms. The second-order valence-corrected chi connectivity index (χ2v) is 10.1. The van der Waals surface area contributed by atoms with E-state index in [9.17, 15) is 5.26 Å². The van der Waals surface area contributed by atoms with Gasteiger partial charge in [-0.1, -0.05) is 103 Å². The van der Waals surface area contributed by atoms with Crippen LogP contribution in [0.5, 0.6) is 5.75 Å². The van der Waals surface area contributed by atoms with Gasteiger partial charge in [-0.25, -0.2) is 4.99 Å². The van der Waals surface area contributed by atoms with Gasteiger partial charge < -0.3 is 9.15 Å². The lowest BCUT2D eigenvalue weighted by Crippen LogP contribution is -1.97. The number of nitrogens with zero attached hydrogens (tertiary/aromatic N) is 2. The van der Waals surface area contributed by atoms with Crippen LogP contribution in [0.1, 0.15) is 16.7 Å². The Kier molecular flexibility index (Phi) is 7.26. The molecule has 0 fully saturated rings. The van der Waals surface area contributed by atoms with Gasteiger partial charge >= 0.3 is 0 Å². The molecule has 0 bridgehead atoms. The molecule has 0 aliphatic carbocycles. The highest BCUT2D eigenvalue weighted by Crippen LogP contribution is 2.42. The normalized spacial score (nSPS) is 11.1. The number of furan rings is 1. The number of hydrogen-bond acceptors (Lipinski definition) is 4. The molecule has 40 heavy (non-hydrogen) atoms. The number of ether oxygens (including phenoxy) is 1. The van der Waals surface area contributed by atoms with Crippen LogP contribution in [0.15, 0.2) is 135 Å². The van der Waals surface area contributed by atoms with Crippen LogP contribution < -0.4 is 4.74 Å². The van der Waals surface area contributed by atoms with Crippen molar-refractivity contribution in [2.45, 2.75) is 6.61 Å². The molecule has 0 unspecified atom stereocenters. The van der Waals surface area contributed by atoms with E-state index in [1.54, 1.807) is 6.21 Å². The van der Waals surface area contributed by atoms with Crippen LogP contribution in [-0.4, -0.2) is 6.21 Å². The molecule has 6 rings (SSSR count). The predicted octanol–water partition coefficient (Wildman–Crippen LogP) is 9.73. The van der Waals surface area contributed by atoms with Gasteiger partial charge in [0.25, 0.3) is 0 Å². The van der Waals surface area contributed by atoms with E-state index in [0.717, 1.165) is 38.0 Å². The summed E-state index contributed by atoms with van der Waals surface area (Å²) in [5, 5.41) is 12.5. The predicted molar refractivity (Wildman–Crippen MR) is 164 cm³/mol. The second kappa shape index (κ2) is 11.4.